The minimum atomic E-state index is -4.86. The highest BCUT2D eigenvalue weighted by atomic mass is 31.2. The molecule has 1 fully saturated rings. The Bertz CT molecular complexity index is 1070. The van der Waals surface area contributed by atoms with Crippen LogP contribution in [0.5, 0.6) is 0 Å². The number of nitro groups is 1. The van der Waals surface area contributed by atoms with Gasteiger partial charge < -0.3 is 19.6 Å². The van der Waals surface area contributed by atoms with Crippen LogP contribution in [0.15, 0.2) is 40.1 Å². The quantitative estimate of drug-likeness (QED) is 0.273. The van der Waals surface area contributed by atoms with E-state index in [0.717, 1.165) is 4.57 Å². The lowest BCUT2D eigenvalue weighted by Gasteiger charge is -2.16. The zero-order chi connectivity index (χ0) is 21.3. The number of benzene rings is 1. The molecule has 1 saturated heterocycles. The fourth-order valence-corrected chi connectivity index (χ4v) is 3.56. The average Bonchev–Trinajstić information content (AvgIpc) is 3.02. The van der Waals surface area contributed by atoms with Gasteiger partial charge in [-0.25, -0.2) is 9.36 Å². The van der Waals surface area contributed by atoms with Crippen molar-refractivity contribution in [3.63, 3.8) is 0 Å². The molecule has 13 nitrogen and oxygen atoms in total. The second kappa shape index (κ2) is 7.99. The first-order valence-corrected chi connectivity index (χ1v) is 9.72. The van der Waals surface area contributed by atoms with Crippen LogP contribution in [-0.2, 0) is 13.8 Å². The van der Waals surface area contributed by atoms with E-state index in [0.29, 0.717) is 5.56 Å². The van der Waals surface area contributed by atoms with Crippen LogP contribution >= 0.6 is 7.82 Å². The Hall–Kier alpha value is -2.67. The molecule has 156 valence electrons. The van der Waals surface area contributed by atoms with E-state index in [-0.39, 0.29) is 17.7 Å². The van der Waals surface area contributed by atoms with Crippen molar-refractivity contribution in [1.82, 2.24) is 9.55 Å². The maximum atomic E-state index is 12.2. The number of aromatic amines is 1. The molecule has 0 amide bonds. The molecule has 1 aliphatic rings. The molecular formula is C15H16N3O10P. The standard InChI is InChI=1S/C15H16N3O10P/c19-7-12-11(28-29(24,25)26)5-13(27-12)17-6-10(14(20)16-15(17)21)8-1-3-9(4-2-8)18(22)23/h1-4,6,11-13,19H,5,7H2,(H,16,20,21)(H2,24,25,26)/t11-,12+,13+/m0/s1. The van der Waals surface area contributed by atoms with Gasteiger partial charge in [-0.3, -0.25) is 29.0 Å². The summed E-state index contributed by atoms with van der Waals surface area (Å²) in [4.78, 5) is 54.6. The summed E-state index contributed by atoms with van der Waals surface area (Å²) in [7, 11) is -4.86. The minimum absolute atomic E-state index is 0.0167. The summed E-state index contributed by atoms with van der Waals surface area (Å²) in [5.41, 5.74) is -1.45. The van der Waals surface area contributed by atoms with Gasteiger partial charge in [-0.05, 0) is 17.7 Å². The molecule has 3 atom stereocenters. The molecule has 0 bridgehead atoms. The fraction of sp³-hybridized carbons (Fsp3) is 0.333. The normalized spacial score (nSPS) is 22.0. The molecule has 1 aliphatic heterocycles. The maximum absolute atomic E-state index is 12.2. The summed E-state index contributed by atoms with van der Waals surface area (Å²) in [6.45, 7) is -0.617. The highest BCUT2D eigenvalue weighted by Crippen LogP contribution is 2.43. The number of aliphatic hydroxyl groups excluding tert-OH is 1. The summed E-state index contributed by atoms with van der Waals surface area (Å²) < 4.78 is 22.1. The number of nitrogens with one attached hydrogen (secondary N) is 1. The Kier molecular flexibility index (Phi) is 5.80. The van der Waals surface area contributed by atoms with Gasteiger partial charge in [0.05, 0.1) is 17.1 Å². The largest absolute Gasteiger partial charge is 0.469 e. The molecule has 3 rings (SSSR count). The molecule has 1 aromatic heterocycles. The highest BCUT2D eigenvalue weighted by molar-refractivity contribution is 7.46. The Labute approximate surface area is 161 Å². The number of ether oxygens (including phenoxy) is 1. The predicted molar refractivity (Wildman–Crippen MR) is 95.9 cm³/mol. The van der Waals surface area contributed by atoms with E-state index < -0.39 is 49.0 Å². The highest BCUT2D eigenvalue weighted by Gasteiger charge is 2.40. The van der Waals surface area contributed by atoms with E-state index in [9.17, 15) is 29.4 Å². The van der Waals surface area contributed by atoms with Crippen molar-refractivity contribution in [3.05, 3.63) is 61.4 Å². The number of aliphatic hydroxyl groups is 1. The number of hydrogen-bond donors (Lipinski definition) is 4. The van der Waals surface area contributed by atoms with Crippen LogP contribution in [0.1, 0.15) is 12.6 Å². The van der Waals surface area contributed by atoms with Crippen molar-refractivity contribution in [2.45, 2.75) is 24.9 Å². The van der Waals surface area contributed by atoms with Gasteiger partial charge in [0.1, 0.15) is 18.4 Å². The summed E-state index contributed by atoms with van der Waals surface area (Å²) >= 11 is 0. The van der Waals surface area contributed by atoms with Gasteiger partial charge in [-0.1, -0.05) is 0 Å². The molecule has 14 heteroatoms. The van der Waals surface area contributed by atoms with Crippen LogP contribution in [0.25, 0.3) is 11.1 Å². The van der Waals surface area contributed by atoms with Gasteiger partial charge >= 0.3 is 13.5 Å². The summed E-state index contributed by atoms with van der Waals surface area (Å²) in [6.07, 6.45) is -2.38. The molecule has 2 aromatic rings. The lowest BCUT2D eigenvalue weighted by atomic mass is 10.1. The molecule has 1 aromatic carbocycles. The van der Waals surface area contributed by atoms with E-state index in [1.165, 1.54) is 30.5 Å². The predicted octanol–water partition coefficient (Wildman–Crippen LogP) is -0.131. The first kappa shape index (κ1) is 21.0. The zero-order valence-corrected chi connectivity index (χ0v) is 15.5. The topological polar surface area (TPSA) is 194 Å². The lowest BCUT2D eigenvalue weighted by molar-refractivity contribution is -0.384. The van der Waals surface area contributed by atoms with E-state index >= 15 is 0 Å². The number of nitro benzene ring substituents is 1. The van der Waals surface area contributed by atoms with Crippen LogP contribution < -0.4 is 11.2 Å². The van der Waals surface area contributed by atoms with E-state index in [1.54, 1.807) is 0 Å². The van der Waals surface area contributed by atoms with Gasteiger partial charge in [0.25, 0.3) is 11.2 Å². The molecule has 0 radical (unpaired) electrons. The third-order valence-corrected chi connectivity index (χ3v) is 4.85. The van der Waals surface area contributed by atoms with E-state index in [4.69, 9.17) is 14.5 Å². The third kappa shape index (κ3) is 4.67. The van der Waals surface area contributed by atoms with Crippen LogP contribution in [0.3, 0.4) is 0 Å². The fourth-order valence-electron chi connectivity index (χ4n) is 2.99. The molecule has 0 aliphatic carbocycles. The van der Waals surface area contributed by atoms with Crippen molar-refractivity contribution >= 4 is 13.5 Å². The third-order valence-electron chi connectivity index (χ3n) is 4.30. The Morgan fingerprint density at radius 3 is 2.52 bits per heavy atom. The van der Waals surface area contributed by atoms with Crippen molar-refractivity contribution < 1.29 is 33.6 Å². The number of nitrogens with zero attached hydrogens (tertiary/aromatic N) is 2. The van der Waals surface area contributed by atoms with Gasteiger partial charge in [-0.15, -0.1) is 0 Å². The molecule has 0 saturated carbocycles. The van der Waals surface area contributed by atoms with Gasteiger partial charge in [-0.2, -0.15) is 0 Å². The second-order valence-corrected chi connectivity index (χ2v) is 7.39. The van der Waals surface area contributed by atoms with Crippen molar-refractivity contribution in [2.24, 2.45) is 0 Å². The summed E-state index contributed by atoms with van der Waals surface area (Å²) in [5, 5.41) is 20.1. The molecule has 0 unspecified atom stereocenters. The number of rotatable bonds is 6. The summed E-state index contributed by atoms with van der Waals surface area (Å²) in [5.74, 6) is 0. The lowest BCUT2D eigenvalue weighted by Crippen LogP contribution is -2.33. The first-order chi connectivity index (χ1) is 13.6. The van der Waals surface area contributed by atoms with E-state index in [2.05, 4.69) is 9.51 Å². The monoisotopic (exact) mass is 429 g/mol. The molecular weight excluding hydrogens is 413 g/mol. The van der Waals surface area contributed by atoms with Gasteiger partial charge in [0.2, 0.25) is 0 Å². The Balaban J connectivity index is 1.95. The van der Waals surface area contributed by atoms with Crippen molar-refractivity contribution in [2.75, 3.05) is 6.61 Å². The zero-order valence-electron chi connectivity index (χ0n) is 14.6. The SMILES string of the molecule is O=c1[nH]c(=O)n([C@H]2C[C@H](OP(=O)(O)O)[C@@H](CO)O2)cc1-c1ccc([N+](=O)[O-])cc1. The Morgan fingerprint density at radius 2 is 1.97 bits per heavy atom. The number of aromatic nitrogens is 2. The van der Waals surface area contributed by atoms with Gasteiger partial charge in [0.15, 0.2) is 0 Å². The number of phosphoric acid groups is 1. The number of phosphoric ester groups is 1. The molecule has 4 N–H and O–H groups in total. The number of non-ortho nitro benzene ring substituents is 1. The van der Waals surface area contributed by atoms with Crippen LogP contribution in [0, 0.1) is 10.1 Å². The molecule has 29 heavy (non-hydrogen) atoms. The molecule has 0 spiro atoms. The Morgan fingerprint density at radius 1 is 1.31 bits per heavy atom. The van der Waals surface area contributed by atoms with Crippen molar-refractivity contribution in [3.8, 4) is 11.1 Å². The number of hydrogen-bond acceptors (Lipinski definition) is 8. The maximum Gasteiger partial charge on any atom is 0.469 e. The summed E-state index contributed by atoms with van der Waals surface area (Å²) in [6, 6.07) is 5.07. The van der Waals surface area contributed by atoms with E-state index in [1.807, 2.05) is 0 Å². The smallest absolute Gasteiger partial charge is 0.394 e. The molecule has 2 heterocycles. The van der Waals surface area contributed by atoms with Gasteiger partial charge in [0, 0.05) is 24.8 Å². The second-order valence-electron chi connectivity index (χ2n) is 6.20. The number of H-pyrrole nitrogens is 1. The van der Waals surface area contributed by atoms with Crippen LogP contribution in [-0.4, -0.2) is 48.2 Å². The van der Waals surface area contributed by atoms with Crippen LogP contribution in [0.2, 0.25) is 0 Å². The van der Waals surface area contributed by atoms with Crippen LogP contribution in [0.4, 0.5) is 5.69 Å². The minimum Gasteiger partial charge on any atom is -0.394 e. The average molecular weight is 429 g/mol. The first-order valence-electron chi connectivity index (χ1n) is 8.19. The van der Waals surface area contributed by atoms with Crippen molar-refractivity contribution in [1.29, 1.82) is 0 Å².